The summed E-state index contributed by atoms with van der Waals surface area (Å²) in [6, 6.07) is 12.5. The summed E-state index contributed by atoms with van der Waals surface area (Å²) < 4.78 is 14.1. The number of anilines is 2. The molecule has 4 rings (SSSR count). The van der Waals surface area contributed by atoms with Crippen molar-refractivity contribution in [3.05, 3.63) is 59.7 Å². The van der Waals surface area contributed by atoms with E-state index >= 15 is 0 Å². The molecule has 1 fully saturated rings. The molecule has 6 nitrogen and oxygen atoms in total. The van der Waals surface area contributed by atoms with Gasteiger partial charge >= 0.3 is 0 Å². The summed E-state index contributed by atoms with van der Waals surface area (Å²) in [5.74, 6) is 0.466. The van der Waals surface area contributed by atoms with Gasteiger partial charge in [0, 0.05) is 31.6 Å². The number of fused-ring (bicyclic) bond motifs is 1. The van der Waals surface area contributed by atoms with Crippen molar-refractivity contribution in [3.8, 4) is 0 Å². The van der Waals surface area contributed by atoms with Gasteiger partial charge in [0.05, 0.1) is 23.3 Å². The van der Waals surface area contributed by atoms with E-state index in [1.165, 1.54) is 13.0 Å². The Labute approximate surface area is 162 Å². The fraction of sp³-hybridized carbons (Fsp3) is 0.286. The largest absolute Gasteiger partial charge is 0.383 e. The first kappa shape index (κ1) is 18.3. The highest BCUT2D eigenvalue weighted by atomic mass is 19.1. The van der Waals surface area contributed by atoms with Crippen LogP contribution >= 0.6 is 0 Å². The first-order valence-corrected chi connectivity index (χ1v) is 9.31. The molecule has 0 amide bonds. The summed E-state index contributed by atoms with van der Waals surface area (Å²) in [5, 5.41) is 0.860. The van der Waals surface area contributed by atoms with Gasteiger partial charge in [-0.2, -0.15) is 0 Å². The Kier molecular flexibility index (Phi) is 4.92. The molecule has 2 heterocycles. The lowest BCUT2D eigenvalue weighted by atomic mass is 10.1. The number of aromatic nitrogens is 2. The molecule has 2 N–H and O–H groups in total. The number of benzene rings is 2. The van der Waals surface area contributed by atoms with Gasteiger partial charge in [0.2, 0.25) is 0 Å². The Hall–Kier alpha value is -3.06. The van der Waals surface area contributed by atoms with Gasteiger partial charge in [-0.05, 0) is 31.2 Å². The van der Waals surface area contributed by atoms with Crippen molar-refractivity contribution in [2.75, 3.05) is 36.8 Å². The van der Waals surface area contributed by atoms with Gasteiger partial charge < -0.3 is 10.6 Å². The lowest BCUT2D eigenvalue weighted by Crippen LogP contribution is -2.46. The molecule has 0 bridgehead atoms. The van der Waals surface area contributed by atoms with E-state index in [1.54, 1.807) is 6.07 Å². The second-order valence-electron chi connectivity index (χ2n) is 7.00. The van der Waals surface area contributed by atoms with Crippen molar-refractivity contribution in [2.45, 2.75) is 13.5 Å². The smallest absolute Gasteiger partial charge is 0.164 e. The fourth-order valence-corrected chi connectivity index (χ4v) is 3.69. The number of hydrogen-bond acceptors (Lipinski definition) is 6. The molecule has 2 aromatic carbocycles. The van der Waals surface area contributed by atoms with Gasteiger partial charge in [0.1, 0.15) is 17.5 Å². The summed E-state index contributed by atoms with van der Waals surface area (Å²) in [5.41, 5.74) is 7.75. The number of halogens is 1. The third-order valence-corrected chi connectivity index (χ3v) is 5.10. The van der Waals surface area contributed by atoms with Gasteiger partial charge in [-0.3, -0.25) is 9.69 Å². The molecule has 0 atom stereocenters. The minimum absolute atomic E-state index is 0.168. The summed E-state index contributed by atoms with van der Waals surface area (Å²) in [6.45, 7) is 4.94. The average Bonchev–Trinajstić information content (AvgIpc) is 2.68. The molecule has 0 aliphatic carbocycles. The van der Waals surface area contributed by atoms with Crippen molar-refractivity contribution in [1.82, 2.24) is 14.9 Å². The average molecular weight is 379 g/mol. The highest BCUT2D eigenvalue weighted by Gasteiger charge is 2.23. The van der Waals surface area contributed by atoms with Crippen LogP contribution in [0.3, 0.4) is 0 Å². The molecular formula is C21H22FN5O. The Balaban J connectivity index is 1.47. The van der Waals surface area contributed by atoms with Crippen LogP contribution in [0.4, 0.5) is 15.9 Å². The zero-order valence-corrected chi connectivity index (χ0v) is 15.7. The molecule has 1 aromatic heterocycles. The second kappa shape index (κ2) is 7.52. The van der Waals surface area contributed by atoms with Crippen molar-refractivity contribution in [1.29, 1.82) is 0 Å². The minimum Gasteiger partial charge on any atom is -0.383 e. The SMILES string of the molecule is CC(=O)c1c(F)cccc1N1CCN(Cc2nc(N)c3ccccc3n2)CC1. The van der Waals surface area contributed by atoms with Crippen LogP contribution in [0.2, 0.25) is 0 Å². The predicted molar refractivity (Wildman–Crippen MR) is 108 cm³/mol. The first-order chi connectivity index (χ1) is 13.5. The Morgan fingerprint density at radius 3 is 2.57 bits per heavy atom. The summed E-state index contributed by atoms with van der Waals surface area (Å²) >= 11 is 0. The molecule has 1 aliphatic rings. The standard InChI is InChI=1S/C21H22FN5O/c1-14(28)20-16(22)6-4-8-18(20)27-11-9-26(10-12-27)13-19-24-17-7-3-2-5-15(17)21(23)25-19/h2-8H,9-13H2,1H3,(H2,23,24,25). The Bertz CT molecular complexity index is 1030. The molecule has 144 valence electrons. The van der Waals surface area contributed by atoms with E-state index < -0.39 is 5.82 Å². The van der Waals surface area contributed by atoms with E-state index in [0.717, 1.165) is 24.0 Å². The van der Waals surface area contributed by atoms with E-state index in [0.29, 0.717) is 37.0 Å². The molecule has 0 radical (unpaired) electrons. The van der Waals surface area contributed by atoms with Crippen LogP contribution in [0.25, 0.3) is 10.9 Å². The maximum Gasteiger partial charge on any atom is 0.164 e. The summed E-state index contributed by atoms with van der Waals surface area (Å²) in [4.78, 5) is 25.2. The van der Waals surface area contributed by atoms with E-state index in [2.05, 4.69) is 19.8 Å². The van der Waals surface area contributed by atoms with Crippen LogP contribution < -0.4 is 10.6 Å². The van der Waals surface area contributed by atoms with Crippen LogP contribution in [0.5, 0.6) is 0 Å². The normalized spacial score (nSPS) is 15.1. The quantitative estimate of drug-likeness (QED) is 0.703. The van der Waals surface area contributed by atoms with E-state index in [-0.39, 0.29) is 11.3 Å². The number of para-hydroxylation sites is 1. The lowest BCUT2D eigenvalue weighted by Gasteiger charge is -2.36. The second-order valence-corrected chi connectivity index (χ2v) is 7.00. The van der Waals surface area contributed by atoms with E-state index in [9.17, 15) is 9.18 Å². The molecule has 7 heteroatoms. The fourth-order valence-electron chi connectivity index (χ4n) is 3.69. The van der Waals surface area contributed by atoms with E-state index in [1.807, 2.05) is 30.3 Å². The van der Waals surface area contributed by atoms with Gasteiger partial charge in [0.25, 0.3) is 0 Å². The number of carbonyl (C=O) groups excluding carboxylic acids is 1. The number of nitrogens with two attached hydrogens (primary N) is 1. The maximum atomic E-state index is 14.1. The molecule has 28 heavy (non-hydrogen) atoms. The molecule has 0 unspecified atom stereocenters. The van der Waals surface area contributed by atoms with Gasteiger partial charge in [-0.15, -0.1) is 0 Å². The topological polar surface area (TPSA) is 75.4 Å². The monoisotopic (exact) mass is 379 g/mol. The number of nitrogen functional groups attached to an aromatic ring is 1. The van der Waals surface area contributed by atoms with Crippen LogP contribution in [0, 0.1) is 5.82 Å². The summed E-state index contributed by atoms with van der Waals surface area (Å²) in [6.07, 6.45) is 0. The first-order valence-electron chi connectivity index (χ1n) is 9.31. The number of ketones is 1. The van der Waals surface area contributed by atoms with Gasteiger partial charge in [-0.25, -0.2) is 14.4 Å². The number of rotatable bonds is 4. The molecule has 1 aliphatic heterocycles. The Morgan fingerprint density at radius 1 is 1.07 bits per heavy atom. The molecule has 0 saturated carbocycles. The van der Waals surface area contributed by atoms with Crippen LogP contribution in [0.1, 0.15) is 23.1 Å². The van der Waals surface area contributed by atoms with Gasteiger partial charge in [-0.1, -0.05) is 18.2 Å². The van der Waals surface area contributed by atoms with Crippen LogP contribution in [0.15, 0.2) is 42.5 Å². The maximum absolute atomic E-state index is 14.1. The number of piperazine rings is 1. The Morgan fingerprint density at radius 2 is 1.82 bits per heavy atom. The van der Waals surface area contributed by atoms with Crippen molar-refractivity contribution in [3.63, 3.8) is 0 Å². The molecular weight excluding hydrogens is 357 g/mol. The third kappa shape index (κ3) is 3.53. The number of Topliss-reactive ketones (excluding diaryl/α,β-unsaturated/α-hetero) is 1. The zero-order valence-electron chi connectivity index (χ0n) is 15.7. The lowest BCUT2D eigenvalue weighted by molar-refractivity contribution is 0.101. The molecule has 0 spiro atoms. The molecule has 1 saturated heterocycles. The third-order valence-electron chi connectivity index (χ3n) is 5.10. The van der Waals surface area contributed by atoms with Crippen molar-refractivity contribution >= 4 is 28.2 Å². The number of hydrogen-bond donors (Lipinski definition) is 1. The van der Waals surface area contributed by atoms with Gasteiger partial charge in [0.15, 0.2) is 5.78 Å². The number of carbonyl (C=O) groups is 1. The van der Waals surface area contributed by atoms with Crippen LogP contribution in [-0.2, 0) is 6.54 Å². The zero-order chi connectivity index (χ0) is 19.7. The summed E-state index contributed by atoms with van der Waals surface area (Å²) in [7, 11) is 0. The van der Waals surface area contributed by atoms with E-state index in [4.69, 9.17) is 5.73 Å². The van der Waals surface area contributed by atoms with Crippen LogP contribution in [-0.4, -0.2) is 46.8 Å². The van der Waals surface area contributed by atoms with Crippen molar-refractivity contribution < 1.29 is 9.18 Å². The predicted octanol–water partition coefficient (Wildman–Crippen LogP) is 2.88. The minimum atomic E-state index is -0.465. The number of nitrogens with zero attached hydrogens (tertiary/aromatic N) is 4. The highest BCUT2D eigenvalue weighted by molar-refractivity contribution is 6.00. The highest BCUT2D eigenvalue weighted by Crippen LogP contribution is 2.25. The molecule has 3 aromatic rings. The van der Waals surface area contributed by atoms with Crippen molar-refractivity contribution in [2.24, 2.45) is 0 Å².